The second kappa shape index (κ2) is 5.36. The fourth-order valence-corrected chi connectivity index (χ4v) is 1.58. The number of hydrogen-bond donors (Lipinski definition) is 0. The van der Waals surface area contributed by atoms with Crippen LogP contribution in [0.3, 0.4) is 0 Å². The molecule has 0 bridgehead atoms. The lowest BCUT2D eigenvalue weighted by Gasteiger charge is -2.27. The van der Waals surface area contributed by atoms with Gasteiger partial charge in [0.15, 0.2) is 0 Å². The minimum atomic E-state index is -0.414. The van der Waals surface area contributed by atoms with E-state index < -0.39 is 5.60 Å². The highest BCUT2D eigenvalue weighted by atomic mass is 28.1. The number of carbonyl (C=O) groups excluding carboxylic acids is 1. The summed E-state index contributed by atoms with van der Waals surface area (Å²) >= 11 is 0. The summed E-state index contributed by atoms with van der Waals surface area (Å²) in [4.78, 5) is 13.5. The SMILES string of the molecule is CCC(C)(C)OC(=O)N(C)c1ccc([SiH3])cc1. The summed E-state index contributed by atoms with van der Waals surface area (Å²) < 4.78 is 5.43. The van der Waals surface area contributed by atoms with Gasteiger partial charge in [0.05, 0.1) is 0 Å². The van der Waals surface area contributed by atoms with Crippen LogP contribution in [-0.4, -0.2) is 29.0 Å². The van der Waals surface area contributed by atoms with E-state index in [1.807, 2.05) is 45.0 Å². The standard InChI is InChI=1S/C13H21NO2Si/c1-5-13(2,3)16-12(15)14(4)10-6-8-11(17)9-7-10/h6-9H,5H2,1-4,17H3. The fourth-order valence-electron chi connectivity index (χ4n) is 1.25. The van der Waals surface area contributed by atoms with E-state index in [2.05, 4.69) is 0 Å². The van der Waals surface area contributed by atoms with Gasteiger partial charge in [-0.2, -0.15) is 0 Å². The van der Waals surface area contributed by atoms with Crippen molar-refractivity contribution < 1.29 is 9.53 Å². The summed E-state index contributed by atoms with van der Waals surface area (Å²) in [5.41, 5.74) is 0.449. The Hall–Kier alpha value is -1.29. The van der Waals surface area contributed by atoms with E-state index in [4.69, 9.17) is 4.74 Å². The van der Waals surface area contributed by atoms with E-state index in [-0.39, 0.29) is 6.09 Å². The van der Waals surface area contributed by atoms with E-state index >= 15 is 0 Å². The predicted molar refractivity (Wildman–Crippen MR) is 75.3 cm³/mol. The monoisotopic (exact) mass is 251 g/mol. The zero-order chi connectivity index (χ0) is 13.1. The van der Waals surface area contributed by atoms with Gasteiger partial charge in [-0.05, 0) is 32.4 Å². The molecule has 0 aliphatic rings. The second-order valence-electron chi connectivity index (χ2n) is 4.88. The summed E-state index contributed by atoms with van der Waals surface area (Å²) in [5, 5.41) is 1.31. The highest BCUT2D eigenvalue weighted by Crippen LogP contribution is 2.18. The molecular formula is C13H21NO2Si. The van der Waals surface area contributed by atoms with Crippen molar-refractivity contribution in [1.29, 1.82) is 0 Å². The normalized spacial score (nSPS) is 11.3. The molecule has 1 rings (SSSR count). The average molecular weight is 251 g/mol. The van der Waals surface area contributed by atoms with Crippen LogP contribution in [0.25, 0.3) is 0 Å². The van der Waals surface area contributed by atoms with Crippen molar-refractivity contribution >= 4 is 27.2 Å². The first kappa shape index (κ1) is 13.8. The lowest BCUT2D eigenvalue weighted by atomic mass is 10.1. The van der Waals surface area contributed by atoms with Crippen molar-refractivity contribution in [3.63, 3.8) is 0 Å². The summed E-state index contributed by atoms with van der Waals surface area (Å²) in [6, 6.07) is 7.97. The van der Waals surface area contributed by atoms with Crippen molar-refractivity contribution in [1.82, 2.24) is 0 Å². The van der Waals surface area contributed by atoms with E-state index in [9.17, 15) is 4.79 Å². The average Bonchev–Trinajstić information content (AvgIpc) is 2.28. The Labute approximate surface area is 106 Å². The minimum absolute atomic E-state index is 0.307. The van der Waals surface area contributed by atoms with Crippen LogP contribution in [0.2, 0.25) is 0 Å². The van der Waals surface area contributed by atoms with Crippen molar-refractivity contribution in [3.05, 3.63) is 24.3 Å². The molecule has 0 unspecified atom stereocenters. The Balaban J connectivity index is 2.73. The molecule has 0 spiro atoms. The molecule has 0 heterocycles. The Morgan fingerprint density at radius 3 is 2.35 bits per heavy atom. The fraction of sp³-hybridized carbons (Fsp3) is 0.462. The molecule has 0 N–H and O–H groups in total. The number of carbonyl (C=O) groups is 1. The smallest absolute Gasteiger partial charge is 0.414 e. The molecule has 1 aromatic rings. The number of benzene rings is 1. The van der Waals surface area contributed by atoms with E-state index in [1.165, 1.54) is 5.19 Å². The molecule has 0 aliphatic heterocycles. The maximum Gasteiger partial charge on any atom is 0.414 e. The van der Waals surface area contributed by atoms with E-state index in [0.717, 1.165) is 22.4 Å². The molecule has 0 radical (unpaired) electrons. The largest absolute Gasteiger partial charge is 0.443 e. The molecular weight excluding hydrogens is 230 g/mol. The third-order valence-electron chi connectivity index (χ3n) is 2.91. The number of amides is 1. The first-order valence-electron chi connectivity index (χ1n) is 5.89. The topological polar surface area (TPSA) is 29.5 Å². The first-order valence-corrected chi connectivity index (χ1v) is 6.89. The van der Waals surface area contributed by atoms with Crippen LogP contribution in [0.1, 0.15) is 27.2 Å². The highest BCUT2D eigenvalue weighted by Gasteiger charge is 2.23. The quantitative estimate of drug-likeness (QED) is 0.761. The van der Waals surface area contributed by atoms with Crippen LogP contribution >= 0.6 is 0 Å². The zero-order valence-corrected chi connectivity index (χ0v) is 13.3. The maximum atomic E-state index is 11.9. The lowest BCUT2D eigenvalue weighted by Crippen LogP contribution is -2.35. The van der Waals surface area contributed by atoms with Gasteiger partial charge in [-0.15, -0.1) is 0 Å². The van der Waals surface area contributed by atoms with Crippen molar-refractivity contribution in [2.24, 2.45) is 0 Å². The maximum absolute atomic E-state index is 11.9. The Bertz CT molecular complexity index is 387. The molecule has 1 amide bonds. The lowest BCUT2D eigenvalue weighted by molar-refractivity contribution is 0.0420. The third kappa shape index (κ3) is 3.89. The van der Waals surface area contributed by atoms with E-state index in [1.54, 1.807) is 11.9 Å². The Morgan fingerprint density at radius 1 is 1.35 bits per heavy atom. The van der Waals surface area contributed by atoms with Crippen LogP contribution in [0.4, 0.5) is 10.5 Å². The number of anilines is 1. The molecule has 0 aliphatic carbocycles. The van der Waals surface area contributed by atoms with Crippen LogP contribution < -0.4 is 10.1 Å². The molecule has 0 fully saturated rings. The number of rotatable bonds is 3. The molecule has 1 aromatic carbocycles. The van der Waals surface area contributed by atoms with Crippen molar-refractivity contribution in [2.45, 2.75) is 32.8 Å². The number of nitrogens with zero attached hydrogens (tertiary/aromatic N) is 1. The van der Waals surface area contributed by atoms with Crippen LogP contribution in [-0.2, 0) is 4.74 Å². The van der Waals surface area contributed by atoms with Gasteiger partial charge in [-0.25, -0.2) is 4.79 Å². The van der Waals surface area contributed by atoms with Gasteiger partial charge in [0.25, 0.3) is 0 Å². The van der Waals surface area contributed by atoms with Crippen molar-refractivity contribution in [3.8, 4) is 0 Å². The number of ether oxygens (including phenoxy) is 1. The summed E-state index contributed by atoms with van der Waals surface area (Å²) in [5.74, 6) is 0. The molecule has 0 aromatic heterocycles. The molecule has 17 heavy (non-hydrogen) atoms. The summed E-state index contributed by atoms with van der Waals surface area (Å²) in [6.45, 7) is 5.84. The zero-order valence-electron chi connectivity index (χ0n) is 11.3. The summed E-state index contributed by atoms with van der Waals surface area (Å²) in [7, 11) is 2.76. The van der Waals surface area contributed by atoms with Gasteiger partial charge >= 0.3 is 6.09 Å². The molecule has 0 saturated heterocycles. The van der Waals surface area contributed by atoms with Gasteiger partial charge in [0, 0.05) is 23.0 Å². The van der Waals surface area contributed by atoms with Gasteiger partial charge in [0.1, 0.15) is 5.60 Å². The van der Waals surface area contributed by atoms with Crippen LogP contribution in [0.5, 0.6) is 0 Å². The molecule has 4 heteroatoms. The highest BCUT2D eigenvalue weighted by molar-refractivity contribution is 6.32. The summed E-state index contributed by atoms with van der Waals surface area (Å²) in [6.07, 6.45) is 0.490. The molecule has 0 saturated carbocycles. The minimum Gasteiger partial charge on any atom is -0.443 e. The molecule has 3 nitrogen and oxygen atoms in total. The van der Waals surface area contributed by atoms with Gasteiger partial charge < -0.3 is 4.74 Å². The number of hydrogen-bond acceptors (Lipinski definition) is 2. The predicted octanol–water partition coefficient (Wildman–Crippen LogP) is 1.44. The molecule has 94 valence electrons. The van der Waals surface area contributed by atoms with E-state index in [0.29, 0.717) is 0 Å². The third-order valence-corrected chi connectivity index (χ3v) is 3.58. The van der Waals surface area contributed by atoms with Crippen LogP contribution in [0, 0.1) is 0 Å². The Morgan fingerprint density at radius 2 is 1.88 bits per heavy atom. The molecule has 0 atom stereocenters. The first-order chi connectivity index (χ1) is 7.85. The van der Waals surface area contributed by atoms with Crippen LogP contribution in [0.15, 0.2) is 24.3 Å². The van der Waals surface area contributed by atoms with Crippen molar-refractivity contribution in [2.75, 3.05) is 11.9 Å². The van der Waals surface area contributed by atoms with Gasteiger partial charge in [-0.3, -0.25) is 4.90 Å². The van der Waals surface area contributed by atoms with Gasteiger partial charge in [-0.1, -0.05) is 24.2 Å². The second-order valence-corrected chi connectivity index (χ2v) is 6.03. The Kier molecular flexibility index (Phi) is 4.34. The van der Waals surface area contributed by atoms with Gasteiger partial charge in [0.2, 0.25) is 0 Å².